The maximum Gasteiger partial charge on any atom is 0.272 e. The molecule has 5 heteroatoms. The SMILES string of the molecule is Cc1ccc(C(=O)NCc2ccccc2Cl)nn1. The Kier molecular flexibility index (Phi) is 3.89. The molecule has 0 radical (unpaired) electrons. The van der Waals surface area contributed by atoms with Gasteiger partial charge >= 0.3 is 0 Å². The molecule has 2 rings (SSSR count). The second kappa shape index (κ2) is 5.60. The third-order valence-corrected chi connectivity index (χ3v) is 2.80. The van der Waals surface area contributed by atoms with Crippen molar-refractivity contribution in [2.45, 2.75) is 13.5 Å². The number of hydrogen-bond acceptors (Lipinski definition) is 3. The highest BCUT2D eigenvalue weighted by Gasteiger charge is 2.08. The first-order valence-corrected chi connectivity index (χ1v) is 5.86. The zero-order valence-corrected chi connectivity index (χ0v) is 10.6. The van der Waals surface area contributed by atoms with Gasteiger partial charge in [-0.3, -0.25) is 4.79 Å². The first-order valence-electron chi connectivity index (χ1n) is 5.49. The Hall–Kier alpha value is -1.94. The minimum atomic E-state index is -0.262. The van der Waals surface area contributed by atoms with E-state index in [1.165, 1.54) is 0 Å². The third kappa shape index (κ3) is 3.05. The lowest BCUT2D eigenvalue weighted by Gasteiger charge is -2.06. The summed E-state index contributed by atoms with van der Waals surface area (Å²) in [5, 5.41) is 11.0. The minimum absolute atomic E-state index is 0.262. The summed E-state index contributed by atoms with van der Waals surface area (Å²) in [4.78, 5) is 11.8. The molecule has 0 aliphatic rings. The maximum atomic E-state index is 11.8. The average molecular weight is 262 g/mol. The molecule has 92 valence electrons. The van der Waals surface area contributed by atoms with Crippen molar-refractivity contribution in [1.29, 1.82) is 0 Å². The van der Waals surface area contributed by atoms with Crippen molar-refractivity contribution >= 4 is 17.5 Å². The normalized spacial score (nSPS) is 10.1. The molecule has 0 aliphatic heterocycles. The second-order valence-electron chi connectivity index (χ2n) is 3.83. The zero-order valence-electron chi connectivity index (χ0n) is 9.85. The quantitative estimate of drug-likeness (QED) is 0.923. The number of carbonyl (C=O) groups is 1. The molecule has 1 heterocycles. The Morgan fingerprint density at radius 2 is 2.00 bits per heavy atom. The van der Waals surface area contributed by atoms with Crippen LogP contribution in [0.2, 0.25) is 5.02 Å². The summed E-state index contributed by atoms with van der Waals surface area (Å²) < 4.78 is 0. The van der Waals surface area contributed by atoms with Gasteiger partial charge in [0, 0.05) is 11.6 Å². The number of carbonyl (C=O) groups excluding carboxylic acids is 1. The van der Waals surface area contributed by atoms with Crippen molar-refractivity contribution in [3.05, 3.63) is 58.4 Å². The molecule has 4 nitrogen and oxygen atoms in total. The second-order valence-corrected chi connectivity index (χ2v) is 4.24. The molecule has 1 aromatic carbocycles. The van der Waals surface area contributed by atoms with E-state index in [9.17, 15) is 4.79 Å². The van der Waals surface area contributed by atoms with Gasteiger partial charge in [0.15, 0.2) is 5.69 Å². The summed E-state index contributed by atoms with van der Waals surface area (Å²) in [6.45, 7) is 2.19. The first kappa shape index (κ1) is 12.5. The van der Waals surface area contributed by atoms with Gasteiger partial charge in [-0.1, -0.05) is 29.8 Å². The van der Waals surface area contributed by atoms with Gasteiger partial charge in [0.1, 0.15) is 0 Å². The van der Waals surface area contributed by atoms with Gasteiger partial charge in [0.05, 0.1) is 5.69 Å². The predicted octanol–water partition coefficient (Wildman–Crippen LogP) is 2.37. The summed E-state index contributed by atoms with van der Waals surface area (Å²) in [7, 11) is 0. The number of nitrogens with zero attached hydrogens (tertiary/aromatic N) is 2. The van der Waals surface area contributed by atoms with Gasteiger partial charge in [-0.25, -0.2) is 0 Å². The van der Waals surface area contributed by atoms with Crippen molar-refractivity contribution in [2.75, 3.05) is 0 Å². The van der Waals surface area contributed by atoms with E-state index in [2.05, 4.69) is 15.5 Å². The molecule has 0 atom stereocenters. The van der Waals surface area contributed by atoms with Crippen LogP contribution < -0.4 is 5.32 Å². The Balaban J connectivity index is 2.01. The molecular formula is C13H12ClN3O. The minimum Gasteiger partial charge on any atom is -0.347 e. The topological polar surface area (TPSA) is 54.9 Å². The lowest BCUT2D eigenvalue weighted by Crippen LogP contribution is -2.24. The standard InChI is InChI=1S/C13H12ClN3O/c1-9-6-7-12(17-16-9)13(18)15-8-10-4-2-3-5-11(10)14/h2-7H,8H2,1H3,(H,15,18). The molecule has 1 amide bonds. The summed E-state index contributed by atoms with van der Waals surface area (Å²) in [5.41, 5.74) is 1.94. The van der Waals surface area contributed by atoms with Crippen molar-refractivity contribution in [3.63, 3.8) is 0 Å². The molecule has 1 N–H and O–H groups in total. The van der Waals surface area contributed by atoms with E-state index in [1.54, 1.807) is 18.2 Å². The molecule has 2 aromatic rings. The highest BCUT2D eigenvalue weighted by molar-refractivity contribution is 6.31. The Morgan fingerprint density at radius 1 is 1.22 bits per heavy atom. The lowest BCUT2D eigenvalue weighted by atomic mass is 10.2. The zero-order chi connectivity index (χ0) is 13.0. The van der Waals surface area contributed by atoms with Gasteiger partial charge in [-0.15, -0.1) is 5.10 Å². The van der Waals surface area contributed by atoms with Crippen LogP contribution in [-0.2, 0) is 6.54 Å². The molecule has 0 bridgehead atoms. The van der Waals surface area contributed by atoms with E-state index >= 15 is 0 Å². The maximum absolute atomic E-state index is 11.8. The molecule has 0 aliphatic carbocycles. The number of halogens is 1. The van der Waals surface area contributed by atoms with Crippen LogP contribution in [0.1, 0.15) is 21.7 Å². The van der Waals surface area contributed by atoms with Crippen LogP contribution in [0.15, 0.2) is 36.4 Å². The average Bonchev–Trinajstić information content (AvgIpc) is 2.38. The van der Waals surface area contributed by atoms with Crippen molar-refractivity contribution in [1.82, 2.24) is 15.5 Å². The number of aromatic nitrogens is 2. The van der Waals surface area contributed by atoms with Crippen LogP contribution in [0.5, 0.6) is 0 Å². The third-order valence-electron chi connectivity index (χ3n) is 2.43. The number of benzene rings is 1. The van der Waals surface area contributed by atoms with Crippen LogP contribution in [-0.4, -0.2) is 16.1 Å². The monoisotopic (exact) mass is 261 g/mol. The molecule has 1 aromatic heterocycles. The number of nitrogens with one attached hydrogen (secondary N) is 1. The summed E-state index contributed by atoms with van der Waals surface area (Å²) in [5.74, 6) is -0.262. The largest absolute Gasteiger partial charge is 0.347 e. The molecule has 0 unspecified atom stereocenters. The van der Waals surface area contributed by atoms with Crippen LogP contribution in [0.4, 0.5) is 0 Å². The Labute approximate surface area is 110 Å². The smallest absolute Gasteiger partial charge is 0.272 e. The Bertz CT molecular complexity index is 554. The number of hydrogen-bond donors (Lipinski definition) is 1. The van der Waals surface area contributed by atoms with E-state index in [1.807, 2.05) is 25.1 Å². The number of aryl methyl sites for hydroxylation is 1. The highest BCUT2D eigenvalue weighted by atomic mass is 35.5. The fourth-order valence-corrected chi connectivity index (χ4v) is 1.63. The van der Waals surface area contributed by atoms with Gasteiger partial charge in [-0.05, 0) is 30.7 Å². The van der Waals surface area contributed by atoms with Gasteiger partial charge < -0.3 is 5.32 Å². The van der Waals surface area contributed by atoms with Crippen LogP contribution in [0.25, 0.3) is 0 Å². The van der Waals surface area contributed by atoms with Crippen LogP contribution in [0.3, 0.4) is 0 Å². The molecule has 0 spiro atoms. The summed E-state index contributed by atoms with van der Waals surface area (Å²) in [6, 6.07) is 10.8. The Morgan fingerprint density at radius 3 is 2.67 bits per heavy atom. The first-order chi connectivity index (χ1) is 8.66. The van der Waals surface area contributed by atoms with Crippen molar-refractivity contribution < 1.29 is 4.79 Å². The van der Waals surface area contributed by atoms with E-state index < -0.39 is 0 Å². The molecular weight excluding hydrogens is 250 g/mol. The number of amides is 1. The van der Waals surface area contributed by atoms with Crippen molar-refractivity contribution in [3.8, 4) is 0 Å². The van der Waals surface area contributed by atoms with E-state index in [0.29, 0.717) is 17.3 Å². The predicted molar refractivity (Wildman–Crippen MR) is 69.4 cm³/mol. The van der Waals surface area contributed by atoms with Gasteiger partial charge in [-0.2, -0.15) is 5.10 Å². The fourth-order valence-electron chi connectivity index (χ4n) is 1.43. The lowest BCUT2D eigenvalue weighted by molar-refractivity contribution is 0.0945. The van der Waals surface area contributed by atoms with Crippen LogP contribution >= 0.6 is 11.6 Å². The molecule has 18 heavy (non-hydrogen) atoms. The molecule has 0 saturated heterocycles. The van der Waals surface area contributed by atoms with Gasteiger partial charge in [0.25, 0.3) is 5.91 Å². The van der Waals surface area contributed by atoms with Crippen molar-refractivity contribution in [2.24, 2.45) is 0 Å². The van der Waals surface area contributed by atoms with E-state index in [4.69, 9.17) is 11.6 Å². The highest BCUT2D eigenvalue weighted by Crippen LogP contribution is 2.14. The van der Waals surface area contributed by atoms with E-state index in [-0.39, 0.29) is 5.91 Å². The summed E-state index contributed by atoms with van der Waals surface area (Å²) in [6.07, 6.45) is 0. The van der Waals surface area contributed by atoms with Crippen LogP contribution in [0, 0.1) is 6.92 Å². The number of rotatable bonds is 3. The molecule has 0 fully saturated rings. The van der Waals surface area contributed by atoms with Gasteiger partial charge in [0.2, 0.25) is 0 Å². The summed E-state index contributed by atoms with van der Waals surface area (Å²) >= 11 is 6.00. The molecule has 0 saturated carbocycles. The fraction of sp³-hybridized carbons (Fsp3) is 0.154. The van der Waals surface area contributed by atoms with E-state index in [0.717, 1.165) is 11.3 Å².